The second-order valence-electron chi connectivity index (χ2n) is 9.45. The zero-order chi connectivity index (χ0) is 28.8. The third kappa shape index (κ3) is 7.05. The van der Waals surface area contributed by atoms with Crippen LogP contribution in [0.1, 0.15) is 53.2 Å². The van der Waals surface area contributed by atoms with Crippen LogP contribution in [0.2, 0.25) is 15.1 Å². The summed E-state index contributed by atoms with van der Waals surface area (Å²) < 4.78 is 5.36. The smallest absolute Gasteiger partial charge is 0.336 e. The molecule has 6 nitrogen and oxygen atoms in total. The lowest BCUT2D eigenvalue weighted by molar-refractivity contribution is -0.140. The SMILES string of the molecule is CCOC(=O)C1=C(C)N(Cc2ccc(C(=O)NCCc3ccc(Cl)cc3Cl)cc2)C(=O)CC1c1ccc(Cl)cc1. The zero-order valence-electron chi connectivity index (χ0n) is 22.2. The van der Waals surface area contributed by atoms with E-state index in [1.165, 1.54) is 0 Å². The van der Waals surface area contributed by atoms with E-state index >= 15 is 0 Å². The molecule has 1 N–H and O–H groups in total. The van der Waals surface area contributed by atoms with Gasteiger partial charge in [0.2, 0.25) is 5.91 Å². The van der Waals surface area contributed by atoms with Gasteiger partial charge >= 0.3 is 5.97 Å². The maximum Gasteiger partial charge on any atom is 0.336 e. The number of rotatable bonds is 9. The summed E-state index contributed by atoms with van der Waals surface area (Å²) in [5.41, 5.74) is 4.06. The number of hydrogen-bond donors (Lipinski definition) is 1. The Kier molecular flexibility index (Phi) is 9.90. The Labute approximate surface area is 248 Å². The van der Waals surface area contributed by atoms with Gasteiger partial charge in [-0.05, 0) is 73.4 Å². The largest absolute Gasteiger partial charge is 0.463 e. The summed E-state index contributed by atoms with van der Waals surface area (Å²) in [7, 11) is 0. The first-order chi connectivity index (χ1) is 19.2. The maximum atomic E-state index is 13.3. The topological polar surface area (TPSA) is 75.7 Å². The zero-order valence-corrected chi connectivity index (χ0v) is 24.4. The number of halogens is 3. The van der Waals surface area contributed by atoms with Crippen LogP contribution in [0, 0.1) is 0 Å². The first-order valence-electron chi connectivity index (χ1n) is 12.9. The third-order valence-electron chi connectivity index (χ3n) is 6.84. The predicted molar refractivity (Wildman–Crippen MR) is 158 cm³/mol. The Morgan fingerprint density at radius 2 is 1.65 bits per heavy atom. The fraction of sp³-hybridized carbons (Fsp3) is 0.258. The van der Waals surface area contributed by atoms with Crippen molar-refractivity contribution < 1.29 is 19.1 Å². The van der Waals surface area contributed by atoms with E-state index in [2.05, 4.69) is 5.32 Å². The monoisotopic (exact) mass is 598 g/mol. The van der Waals surface area contributed by atoms with Crippen molar-refractivity contribution in [3.63, 3.8) is 0 Å². The number of allylic oxidation sites excluding steroid dienone is 1. The molecule has 0 saturated carbocycles. The van der Waals surface area contributed by atoms with Gasteiger partial charge in [-0.15, -0.1) is 0 Å². The van der Waals surface area contributed by atoms with Crippen molar-refractivity contribution in [2.24, 2.45) is 0 Å². The standard InChI is InChI=1S/C31H29Cl3N2O4/c1-3-40-31(39)29-19(2)36(28(37)17-26(29)21-8-11-24(32)12-9-21)18-20-4-6-23(7-5-20)30(38)35-15-14-22-10-13-25(33)16-27(22)34/h4-13,16,26H,3,14-15,17-18H2,1-2H3,(H,35,38). The Balaban J connectivity index is 1.46. The number of nitrogens with zero attached hydrogens (tertiary/aromatic N) is 1. The minimum atomic E-state index is -0.440. The molecule has 0 bridgehead atoms. The highest BCUT2D eigenvalue weighted by Crippen LogP contribution is 2.38. The highest BCUT2D eigenvalue weighted by molar-refractivity contribution is 6.35. The van der Waals surface area contributed by atoms with Crippen LogP contribution >= 0.6 is 34.8 Å². The van der Waals surface area contributed by atoms with E-state index in [0.29, 0.717) is 44.9 Å². The van der Waals surface area contributed by atoms with Gasteiger partial charge in [0.25, 0.3) is 5.91 Å². The lowest BCUT2D eigenvalue weighted by Gasteiger charge is -2.34. The van der Waals surface area contributed by atoms with Gasteiger partial charge in [-0.2, -0.15) is 0 Å². The number of esters is 1. The molecule has 40 heavy (non-hydrogen) atoms. The van der Waals surface area contributed by atoms with Crippen LogP contribution in [0.3, 0.4) is 0 Å². The summed E-state index contributed by atoms with van der Waals surface area (Å²) in [6, 6.07) is 19.5. The van der Waals surface area contributed by atoms with Crippen LogP contribution in [0.25, 0.3) is 0 Å². The van der Waals surface area contributed by atoms with Crippen LogP contribution in [0.15, 0.2) is 78.0 Å². The van der Waals surface area contributed by atoms with Gasteiger partial charge in [-0.3, -0.25) is 9.59 Å². The molecule has 0 fully saturated rings. The Bertz CT molecular complexity index is 1440. The van der Waals surface area contributed by atoms with Crippen LogP contribution in [0.5, 0.6) is 0 Å². The minimum Gasteiger partial charge on any atom is -0.463 e. The highest BCUT2D eigenvalue weighted by atomic mass is 35.5. The fourth-order valence-corrected chi connectivity index (χ4v) is 5.37. The summed E-state index contributed by atoms with van der Waals surface area (Å²) in [6.45, 7) is 4.42. The Morgan fingerprint density at radius 3 is 2.30 bits per heavy atom. The molecule has 3 aromatic carbocycles. The third-order valence-corrected chi connectivity index (χ3v) is 7.68. The van der Waals surface area contributed by atoms with Crippen molar-refractivity contribution in [3.8, 4) is 0 Å². The number of carbonyl (C=O) groups excluding carboxylic acids is 3. The van der Waals surface area contributed by atoms with Gasteiger partial charge in [-0.1, -0.05) is 65.1 Å². The number of carbonyl (C=O) groups is 3. The van der Waals surface area contributed by atoms with Gasteiger partial charge in [-0.25, -0.2) is 4.79 Å². The molecule has 3 aromatic rings. The van der Waals surface area contributed by atoms with E-state index < -0.39 is 11.9 Å². The summed E-state index contributed by atoms with van der Waals surface area (Å²) in [6.07, 6.45) is 0.702. The Hall–Kier alpha value is -3.32. The molecule has 1 aliphatic heterocycles. The van der Waals surface area contributed by atoms with E-state index in [1.54, 1.807) is 67.3 Å². The molecule has 208 valence electrons. The second kappa shape index (κ2) is 13.4. The normalized spacial score (nSPS) is 15.3. The van der Waals surface area contributed by atoms with Crippen molar-refractivity contribution in [2.75, 3.05) is 13.2 Å². The van der Waals surface area contributed by atoms with E-state index in [9.17, 15) is 14.4 Å². The average molecular weight is 600 g/mol. The van der Waals surface area contributed by atoms with E-state index in [4.69, 9.17) is 39.5 Å². The summed E-state index contributed by atoms with van der Waals surface area (Å²) in [5.74, 6) is -1.18. The van der Waals surface area contributed by atoms with Gasteiger partial charge in [0.1, 0.15) is 0 Å². The lowest BCUT2D eigenvalue weighted by Crippen LogP contribution is -2.38. The molecule has 4 rings (SSSR count). The first kappa shape index (κ1) is 29.7. The van der Waals surface area contributed by atoms with Gasteiger partial charge in [0.15, 0.2) is 0 Å². The molecule has 2 amide bonds. The second-order valence-corrected chi connectivity index (χ2v) is 10.7. The maximum absolute atomic E-state index is 13.3. The molecule has 0 aliphatic carbocycles. The molecule has 1 atom stereocenters. The average Bonchev–Trinajstić information content (AvgIpc) is 2.92. The lowest BCUT2D eigenvalue weighted by atomic mass is 9.83. The fourth-order valence-electron chi connectivity index (χ4n) is 4.74. The number of nitrogens with one attached hydrogen (secondary N) is 1. The minimum absolute atomic E-state index is 0.104. The van der Waals surface area contributed by atoms with Crippen molar-refractivity contribution in [2.45, 2.75) is 39.2 Å². The number of benzene rings is 3. The first-order valence-corrected chi connectivity index (χ1v) is 14.1. The molecular formula is C31H29Cl3N2O4. The van der Waals surface area contributed by atoms with Crippen molar-refractivity contribution >= 4 is 52.6 Å². The highest BCUT2D eigenvalue weighted by Gasteiger charge is 2.36. The summed E-state index contributed by atoms with van der Waals surface area (Å²) in [5, 5.41) is 4.60. The molecule has 0 aromatic heterocycles. The van der Waals surface area contributed by atoms with Crippen LogP contribution in [-0.2, 0) is 27.3 Å². The van der Waals surface area contributed by atoms with Crippen molar-refractivity contribution in [1.82, 2.24) is 10.2 Å². The van der Waals surface area contributed by atoms with E-state index in [0.717, 1.165) is 16.7 Å². The van der Waals surface area contributed by atoms with Gasteiger partial charge < -0.3 is 15.0 Å². The van der Waals surface area contributed by atoms with E-state index in [1.807, 2.05) is 18.2 Å². The van der Waals surface area contributed by atoms with Crippen molar-refractivity contribution in [3.05, 3.63) is 115 Å². The van der Waals surface area contributed by atoms with Crippen LogP contribution in [-0.4, -0.2) is 35.8 Å². The summed E-state index contributed by atoms with van der Waals surface area (Å²) in [4.78, 5) is 40.5. The van der Waals surface area contributed by atoms with E-state index in [-0.39, 0.29) is 31.4 Å². The molecule has 0 saturated heterocycles. The number of hydrogen-bond acceptors (Lipinski definition) is 4. The summed E-state index contributed by atoms with van der Waals surface area (Å²) >= 11 is 18.2. The molecule has 1 heterocycles. The predicted octanol–water partition coefficient (Wildman–Crippen LogP) is 6.97. The Morgan fingerprint density at radius 1 is 0.975 bits per heavy atom. The van der Waals surface area contributed by atoms with Crippen LogP contribution < -0.4 is 5.32 Å². The van der Waals surface area contributed by atoms with Crippen molar-refractivity contribution in [1.29, 1.82) is 0 Å². The number of amides is 2. The molecule has 1 aliphatic rings. The molecule has 0 spiro atoms. The van der Waals surface area contributed by atoms with Gasteiger partial charge in [0, 0.05) is 45.2 Å². The van der Waals surface area contributed by atoms with Crippen LogP contribution in [0.4, 0.5) is 0 Å². The molecule has 9 heteroatoms. The molecule has 1 unspecified atom stereocenters. The molecule has 0 radical (unpaired) electrons. The molecular weight excluding hydrogens is 571 g/mol. The quantitative estimate of drug-likeness (QED) is 0.270. The number of ether oxygens (including phenoxy) is 1. The van der Waals surface area contributed by atoms with Gasteiger partial charge in [0.05, 0.1) is 18.7 Å².